The molecule has 14 heavy (non-hydrogen) atoms. The Hall–Kier alpha value is -1.16. The number of isothiocyanates is 1. The molecular weight excluding hydrogens is 232 g/mol. The zero-order valence-corrected chi connectivity index (χ0v) is 8.12. The van der Waals surface area contributed by atoms with Crippen LogP contribution in [0, 0.1) is 11.6 Å². The SMILES string of the molecule is O=C(N=C=S)c1cc(F)c(Cl)cc1F. The lowest BCUT2D eigenvalue weighted by molar-refractivity contribution is 0.0999. The van der Waals surface area contributed by atoms with Crippen molar-refractivity contribution in [3.63, 3.8) is 0 Å². The summed E-state index contributed by atoms with van der Waals surface area (Å²) in [5.41, 5.74) is -0.524. The second-order valence-electron chi connectivity index (χ2n) is 2.25. The van der Waals surface area contributed by atoms with Crippen LogP contribution in [0.3, 0.4) is 0 Å². The van der Waals surface area contributed by atoms with E-state index in [1.807, 2.05) is 0 Å². The van der Waals surface area contributed by atoms with E-state index >= 15 is 0 Å². The van der Waals surface area contributed by atoms with E-state index in [1.165, 1.54) is 0 Å². The standard InChI is InChI=1S/C8H2ClF2NOS/c9-5-2-6(10)4(1-7(5)11)8(13)12-3-14/h1-2H. The molecule has 6 heteroatoms. The maximum absolute atomic E-state index is 13.0. The molecule has 0 unspecified atom stereocenters. The second kappa shape index (κ2) is 4.37. The molecule has 1 aromatic rings. The van der Waals surface area contributed by atoms with Crippen LogP contribution in [0.1, 0.15) is 10.4 Å². The highest BCUT2D eigenvalue weighted by Crippen LogP contribution is 2.19. The highest BCUT2D eigenvalue weighted by atomic mass is 35.5. The molecule has 0 aliphatic carbocycles. The monoisotopic (exact) mass is 233 g/mol. The summed E-state index contributed by atoms with van der Waals surface area (Å²) in [5, 5.41) is 1.37. The molecule has 1 aromatic carbocycles. The van der Waals surface area contributed by atoms with Gasteiger partial charge in [0.15, 0.2) is 0 Å². The summed E-state index contributed by atoms with van der Waals surface area (Å²) in [6.07, 6.45) is 0. The van der Waals surface area contributed by atoms with Gasteiger partial charge in [-0.15, -0.1) is 0 Å². The molecule has 0 heterocycles. The van der Waals surface area contributed by atoms with Crippen LogP contribution in [0.2, 0.25) is 5.02 Å². The van der Waals surface area contributed by atoms with E-state index in [0.29, 0.717) is 12.1 Å². The Bertz CT molecular complexity index is 443. The molecule has 0 fully saturated rings. The van der Waals surface area contributed by atoms with E-state index in [0.717, 1.165) is 0 Å². The van der Waals surface area contributed by atoms with E-state index in [2.05, 4.69) is 17.2 Å². The molecule has 0 aromatic heterocycles. The zero-order chi connectivity index (χ0) is 10.7. The first-order chi connectivity index (χ1) is 6.56. The fourth-order valence-corrected chi connectivity index (χ4v) is 1.02. The number of halogens is 3. The molecule has 0 aliphatic heterocycles. The predicted molar refractivity (Wildman–Crippen MR) is 50.7 cm³/mol. The van der Waals surface area contributed by atoms with Gasteiger partial charge in [-0.05, 0) is 24.4 Å². The van der Waals surface area contributed by atoms with Crippen molar-refractivity contribution in [2.45, 2.75) is 0 Å². The van der Waals surface area contributed by atoms with Gasteiger partial charge in [0.25, 0.3) is 5.91 Å². The number of amides is 1. The summed E-state index contributed by atoms with van der Waals surface area (Å²) in [6, 6.07) is 1.36. The van der Waals surface area contributed by atoms with Crippen LogP contribution in [0.25, 0.3) is 0 Å². The molecule has 72 valence electrons. The second-order valence-corrected chi connectivity index (χ2v) is 2.84. The first-order valence-electron chi connectivity index (χ1n) is 3.33. The summed E-state index contributed by atoms with van der Waals surface area (Å²) in [7, 11) is 0. The van der Waals surface area contributed by atoms with Crippen molar-refractivity contribution in [1.29, 1.82) is 0 Å². The van der Waals surface area contributed by atoms with Gasteiger partial charge in [0, 0.05) is 0 Å². The van der Waals surface area contributed by atoms with Gasteiger partial charge in [0.05, 0.1) is 15.7 Å². The van der Waals surface area contributed by atoms with Crippen molar-refractivity contribution < 1.29 is 13.6 Å². The number of thiocarbonyl (C=S) groups is 1. The first-order valence-corrected chi connectivity index (χ1v) is 4.11. The third-order valence-electron chi connectivity index (χ3n) is 1.39. The lowest BCUT2D eigenvalue weighted by atomic mass is 10.2. The number of aliphatic imine (C=N–C) groups is 1. The van der Waals surface area contributed by atoms with Crippen LogP contribution >= 0.6 is 23.8 Å². The van der Waals surface area contributed by atoms with Crippen molar-refractivity contribution in [1.82, 2.24) is 0 Å². The average molecular weight is 234 g/mol. The quantitative estimate of drug-likeness (QED) is 0.424. The highest BCUT2D eigenvalue weighted by molar-refractivity contribution is 7.78. The maximum Gasteiger partial charge on any atom is 0.288 e. The number of nitrogens with zero attached hydrogens (tertiary/aromatic N) is 1. The van der Waals surface area contributed by atoms with Gasteiger partial charge in [-0.2, -0.15) is 4.99 Å². The molecule has 0 saturated carbocycles. The van der Waals surface area contributed by atoms with Crippen molar-refractivity contribution in [2.24, 2.45) is 4.99 Å². The minimum atomic E-state index is -0.993. The van der Waals surface area contributed by atoms with Crippen LogP contribution in [-0.2, 0) is 0 Å². The van der Waals surface area contributed by atoms with E-state index < -0.39 is 28.1 Å². The summed E-state index contributed by atoms with van der Waals surface area (Å²) in [5.74, 6) is -2.83. The molecule has 0 saturated heterocycles. The van der Waals surface area contributed by atoms with E-state index in [1.54, 1.807) is 5.16 Å². The number of hydrogen-bond acceptors (Lipinski definition) is 2. The van der Waals surface area contributed by atoms with Crippen LogP contribution < -0.4 is 0 Å². The maximum atomic E-state index is 13.0. The van der Waals surface area contributed by atoms with Crippen molar-refractivity contribution in [3.8, 4) is 0 Å². The predicted octanol–water partition coefficient (Wildman–Crippen LogP) is 2.86. The average Bonchev–Trinajstić information content (AvgIpc) is 2.11. The normalized spacial score (nSPS) is 9.36. The van der Waals surface area contributed by atoms with Gasteiger partial charge in [-0.25, -0.2) is 8.78 Å². The summed E-state index contributed by atoms with van der Waals surface area (Å²) < 4.78 is 25.8. The number of carbonyl (C=O) groups is 1. The fourth-order valence-electron chi connectivity index (χ4n) is 0.788. The van der Waals surface area contributed by atoms with Crippen LogP contribution in [0.5, 0.6) is 0 Å². The minimum Gasteiger partial charge on any atom is -0.266 e. The summed E-state index contributed by atoms with van der Waals surface area (Å²) in [6.45, 7) is 0. The lowest BCUT2D eigenvalue weighted by Crippen LogP contribution is -2.00. The molecule has 0 atom stereocenters. The molecule has 2 nitrogen and oxygen atoms in total. The lowest BCUT2D eigenvalue weighted by Gasteiger charge is -1.99. The van der Waals surface area contributed by atoms with Gasteiger partial charge in [0.2, 0.25) is 0 Å². The van der Waals surface area contributed by atoms with Gasteiger partial charge < -0.3 is 0 Å². The first kappa shape index (κ1) is 10.9. The smallest absolute Gasteiger partial charge is 0.266 e. The molecule has 0 radical (unpaired) electrons. The Kier molecular flexibility index (Phi) is 3.41. The van der Waals surface area contributed by atoms with Crippen molar-refractivity contribution in [3.05, 3.63) is 34.4 Å². The van der Waals surface area contributed by atoms with E-state index in [9.17, 15) is 13.6 Å². The van der Waals surface area contributed by atoms with Gasteiger partial charge in [-0.3, -0.25) is 4.79 Å². The molecule has 1 rings (SSSR count). The largest absolute Gasteiger partial charge is 0.288 e. The summed E-state index contributed by atoms with van der Waals surface area (Å²) in [4.78, 5) is 14.0. The zero-order valence-electron chi connectivity index (χ0n) is 6.55. The number of hydrogen-bond donors (Lipinski definition) is 0. The molecule has 0 aliphatic rings. The van der Waals surface area contributed by atoms with E-state index in [-0.39, 0.29) is 0 Å². The Balaban J connectivity index is 3.29. The minimum absolute atomic E-state index is 0.398. The topological polar surface area (TPSA) is 29.4 Å². The van der Waals surface area contributed by atoms with Gasteiger partial charge >= 0.3 is 0 Å². The fraction of sp³-hybridized carbons (Fsp3) is 0. The summed E-state index contributed by atoms with van der Waals surface area (Å²) >= 11 is 9.42. The van der Waals surface area contributed by atoms with Crippen molar-refractivity contribution in [2.75, 3.05) is 0 Å². The number of rotatable bonds is 1. The molecule has 0 N–H and O–H groups in total. The Morgan fingerprint density at radius 1 is 1.43 bits per heavy atom. The third kappa shape index (κ3) is 2.20. The van der Waals surface area contributed by atoms with Gasteiger partial charge in [-0.1, -0.05) is 11.6 Å². The molecule has 1 amide bonds. The Labute approximate surface area is 88.2 Å². The third-order valence-corrected chi connectivity index (χ3v) is 1.77. The van der Waals surface area contributed by atoms with Crippen LogP contribution in [-0.4, -0.2) is 11.1 Å². The number of carbonyl (C=O) groups excluding carboxylic acids is 1. The van der Waals surface area contributed by atoms with Gasteiger partial charge in [0.1, 0.15) is 11.6 Å². The molecule has 0 bridgehead atoms. The van der Waals surface area contributed by atoms with Crippen LogP contribution in [0.4, 0.5) is 8.78 Å². The highest BCUT2D eigenvalue weighted by Gasteiger charge is 2.14. The number of benzene rings is 1. The molecule has 0 spiro atoms. The van der Waals surface area contributed by atoms with Crippen molar-refractivity contribution >= 4 is 34.9 Å². The Morgan fingerprint density at radius 3 is 2.64 bits per heavy atom. The van der Waals surface area contributed by atoms with E-state index in [4.69, 9.17) is 11.6 Å². The molecular formula is C8H2ClF2NOS. The van der Waals surface area contributed by atoms with Crippen LogP contribution in [0.15, 0.2) is 17.1 Å². The Morgan fingerprint density at radius 2 is 2.07 bits per heavy atom.